The molecule has 1 N–H and O–H groups in total. The molecule has 1 aromatic carbocycles. The molecule has 1 aromatic rings. The van der Waals surface area contributed by atoms with Gasteiger partial charge in [-0.3, -0.25) is 9.59 Å². The van der Waals surface area contributed by atoms with Crippen LogP contribution in [0.1, 0.15) is 19.8 Å². The molecule has 102 valence electrons. The SMILES string of the molecule is CC(=O)CCC(=O)OCC(=O)Nc1cccc(I)c1. The Morgan fingerprint density at radius 2 is 2.00 bits per heavy atom. The fraction of sp³-hybridized carbons (Fsp3) is 0.308. The maximum atomic E-state index is 11.5. The first-order valence-electron chi connectivity index (χ1n) is 5.68. The van der Waals surface area contributed by atoms with E-state index in [-0.39, 0.29) is 25.2 Å². The second-order valence-electron chi connectivity index (χ2n) is 3.92. The number of hydrogen-bond acceptors (Lipinski definition) is 4. The summed E-state index contributed by atoms with van der Waals surface area (Å²) < 4.78 is 5.75. The van der Waals surface area contributed by atoms with Gasteiger partial charge in [0.25, 0.3) is 5.91 Å². The van der Waals surface area contributed by atoms with E-state index in [9.17, 15) is 14.4 Å². The number of hydrogen-bond donors (Lipinski definition) is 1. The van der Waals surface area contributed by atoms with Gasteiger partial charge in [-0.25, -0.2) is 0 Å². The van der Waals surface area contributed by atoms with Gasteiger partial charge in [0.15, 0.2) is 6.61 Å². The molecule has 0 unspecified atom stereocenters. The molecule has 6 heteroatoms. The first kappa shape index (κ1) is 15.6. The van der Waals surface area contributed by atoms with E-state index in [1.54, 1.807) is 12.1 Å². The smallest absolute Gasteiger partial charge is 0.306 e. The number of carbonyl (C=O) groups is 3. The normalized spacial score (nSPS) is 9.79. The van der Waals surface area contributed by atoms with Gasteiger partial charge in [-0.2, -0.15) is 0 Å². The third-order valence-corrected chi connectivity index (χ3v) is 2.82. The highest BCUT2D eigenvalue weighted by Crippen LogP contribution is 2.12. The molecule has 0 aromatic heterocycles. The van der Waals surface area contributed by atoms with Gasteiger partial charge in [0.1, 0.15) is 5.78 Å². The summed E-state index contributed by atoms with van der Waals surface area (Å²) in [7, 11) is 0. The molecule has 0 saturated carbocycles. The van der Waals surface area contributed by atoms with Gasteiger partial charge in [-0.1, -0.05) is 6.07 Å². The first-order valence-corrected chi connectivity index (χ1v) is 6.75. The Hall–Kier alpha value is -1.44. The minimum Gasteiger partial charge on any atom is -0.456 e. The van der Waals surface area contributed by atoms with Crippen LogP contribution in [0.25, 0.3) is 0 Å². The topological polar surface area (TPSA) is 72.5 Å². The Morgan fingerprint density at radius 1 is 1.26 bits per heavy atom. The maximum Gasteiger partial charge on any atom is 0.306 e. The number of anilines is 1. The quantitative estimate of drug-likeness (QED) is 0.611. The van der Waals surface area contributed by atoms with Crippen LogP contribution < -0.4 is 5.32 Å². The summed E-state index contributed by atoms with van der Waals surface area (Å²) in [6, 6.07) is 7.27. The molecule has 0 heterocycles. The second-order valence-corrected chi connectivity index (χ2v) is 5.17. The van der Waals surface area contributed by atoms with Crippen molar-refractivity contribution in [2.45, 2.75) is 19.8 Å². The van der Waals surface area contributed by atoms with Gasteiger partial charge in [0.05, 0.1) is 6.42 Å². The largest absolute Gasteiger partial charge is 0.456 e. The lowest BCUT2D eigenvalue weighted by atomic mass is 10.2. The highest BCUT2D eigenvalue weighted by atomic mass is 127. The zero-order chi connectivity index (χ0) is 14.3. The van der Waals surface area contributed by atoms with Crippen molar-refractivity contribution in [3.8, 4) is 0 Å². The summed E-state index contributed by atoms with van der Waals surface area (Å²) in [4.78, 5) is 33.4. The van der Waals surface area contributed by atoms with Crippen molar-refractivity contribution in [1.82, 2.24) is 0 Å². The average molecular weight is 375 g/mol. The Kier molecular flexibility index (Phi) is 6.48. The van der Waals surface area contributed by atoms with E-state index in [4.69, 9.17) is 4.74 Å². The van der Waals surface area contributed by atoms with Crippen LogP contribution in [-0.4, -0.2) is 24.3 Å². The number of ketones is 1. The standard InChI is InChI=1S/C13H14INO4/c1-9(16)5-6-13(18)19-8-12(17)15-11-4-2-3-10(14)7-11/h2-4,7H,5-6,8H2,1H3,(H,15,17). The lowest BCUT2D eigenvalue weighted by molar-refractivity contribution is -0.148. The summed E-state index contributed by atoms with van der Waals surface area (Å²) in [5.74, 6) is -1.04. The van der Waals surface area contributed by atoms with Gasteiger partial charge in [-0.05, 0) is 47.7 Å². The predicted molar refractivity (Wildman–Crippen MR) is 78.7 cm³/mol. The highest BCUT2D eigenvalue weighted by Gasteiger charge is 2.08. The number of ether oxygens (including phenoxy) is 1. The van der Waals surface area contributed by atoms with Crippen LogP contribution in [0, 0.1) is 3.57 Å². The summed E-state index contributed by atoms with van der Waals surface area (Å²) in [6.07, 6.45) is 0.142. The van der Waals surface area contributed by atoms with Crippen molar-refractivity contribution in [3.63, 3.8) is 0 Å². The van der Waals surface area contributed by atoms with E-state index >= 15 is 0 Å². The molecule has 0 atom stereocenters. The summed E-state index contributed by atoms with van der Waals surface area (Å²) in [5.41, 5.74) is 0.650. The third-order valence-electron chi connectivity index (χ3n) is 2.15. The molecule has 0 aliphatic heterocycles. The molecule has 1 rings (SSSR count). The summed E-state index contributed by atoms with van der Waals surface area (Å²) in [6.45, 7) is 1.05. The van der Waals surface area contributed by atoms with Crippen molar-refractivity contribution in [2.24, 2.45) is 0 Å². The summed E-state index contributed by atoms with van der Waals surface area (Å²) in [5, 5.41) is 2.62. The van der Waals surface area contributed by atoms with Crippen LogP contribution in [-0.2, 0) is 19.1 Å². The fourth-order valence-corrected chi connectivity index (χ4v) is 1.80. The molecule has 0 spiro atoms. The molecule has 1 amide bonds. The minimum absolute atomic E-state index is 0.00580. The Bertz CT molecular complexity index is 487. The van der Waals surface area contributed by atoms with E-state index < -0.39 is 11.9 Å². The first-order chi connectivity index (χ1) is 8.97. The predicted octanol–water partition coefficient (Wildman–Crippen LogP) is 2.14. The van der Waals surface area contributed by atoms with Crippen molar-refractivity contribution in [2.75, 3.05) is 11.9 Å². The van der Waals surface area contributed by atoms with Crippen LogP contribution in [0.15, 0.2) is 24.3 Å². The van der Waals surface area contributed by atoms with E-state index in [0.717, 1.165) is 3.57 Å². The molecule has 5 nitrogen and oxygen atoms in total. The number of benzene rings is 1. The van der Waals surface area contributed by atoms with Crippen LogP contribution in [0.2, 0.25) is 0 Å². The number of carbonyl (C=O) groups excluding carboxylic acids is 3. The minimum atomic E-state index is -0.548. The number of amides is 1. The second kappa shape index (κ2) is 7.88. The number of nitrogens with one attached hydrogen (secondary N) is 1. The van der Waals surface area contributed by atoms with E-state index in [1.165, 1.54) is 6.92 Å². The lowest BCUT2D eigenvalue weighted by Crippen LogP contribution is -2.21. The van der Waals surface area contributed by atoms with Gasteiger partial charge in [0, 0.05) is 15.7 Å². The van der Waals surface area contributed by atoms with Crippen molar-refractivity contribution in [1.29, 1.82) is 0 Å². The molecule has 0 radical (unpaired) electrons. The maximum absolute atomic E-state index is 11.5. The van der Waals surface area contributed by atoms with Crippen LogP contribution >= 0.6 is 22.6 Å². The van der Waals surface area contributed by atoms with Gasteiger partial charge >= 0.3 is 5.97 Å². The van der Waals surface area contributed by atoms with E-state index in [2.05, 4.69) is 27.9 Å². The number of rotatable bonds is 6. The number of esters is 1. The monoisotopic (exact) mass is 375 g/mol. The molecule has 0 saturated heterocycles. The van der Waals surface area contributed by atoms with Gasteiger partial charge in [0.2, 0.25) is 0 Å². The molecular formula is C13H14INO4. The zero-order valence-corrected chi connectivity index (χ0v) is 12.6. The molecule has 0 aliphatic rings. The highest BCUT2D eigenvalue weighted by molar-refractivity contribution is 14.1. The number of halogens is 1. The van der Waals surface area contributed by atoms with E-state index in [1.807, 2.05) is 12.1 Å². The molecule has 0 bridgehead atoms. The average Bonchev–Trinajstić information content (AvgIpc) is 2.34. The van der Waals surface area contributed by atoms with Crippen LogP contribution in [0.5, 0.6) is 0 Å². The molecule has 19 heavy (non-hydrogen) atoms. The van der Waals surface area contributed by atoms with Crippen molar-refractivity contribution >= 4 is 45.9 Å². The Labute approximate surface area is 124 Å². The van der Waals surface area contributed by atoms with Crippen molar-refractivity contribution < 1.29 is 19.1 Å². The van der Waals surface area contributed by atoms with Gasteiger partial charge < -0.3 is 14.8 Å². The van der Waals surface area contributed by atoms with Gasteiger partial charge in [-0.15, -0.1) is 0 Å². The van der Waals surface area contributed by atoms with Crippen molar-refractivity contribution in [3.05, 3.63) is 27.8 Å². The Balaban J connectivity index is 2.32. The zero-order valence-electron chi connectivity index (χ0n) is 10.4. The van der Waals surface area contributed by atoms with Crippen LogP contribution in [0.3, 0.4) is 0 Å². The fourth-order valence-electron chi connectivity index (χ4n) is 1.26. The molecular weight excluding hydrogens is 361 g/mol. The third kappa shape index (κ3) is 6.90. The van der Waals surface area contributed by atoms with Crippen LogP contribution in [0.4, 0.5) is 5.69 Å². The Morgan fingerprint density at radius 3 is 2.63 bits per heavy atom. The summed E-state index contributed by atoms with van der Waals surface area (Å²) >= 11 is 2.13. The molecule has 0 fully saturated rings. The lowest BCUT2D eigenvalue weighted by Gasteiger charge is -2.06. The molecule has 0 aliphatic carbocycles. The van der Waals surface area contributed by atoms with E-state index in [0.29, 0.717) is 5.69 Å². The number of Topliss-reactive ketones (excluding diaryl/α,β-unsaturated/α-hetero) is 1.